The summed E-state index contributed by atoms with van der Waals surface area (Å²) >= 11 is 0. The molecule has 0 atom stereocenters. The standard InChI is InChI=1S/C16H12F4/c1-3-11-6-10(2)7-13(8-11)12-4-5-14(15(17)9-12)16(18,19)20/h3-9H,1H2,2H3. The molecule has 20 heavy (non-hydrogen) atoms. The molecule has 2 aromatic rings. The van der Waals surface area contributed by atoms with E-state index < -0.39 is 17.6 Å². The Morgan fingerprint density at radius 2 is 1.70 bits per heavy atom. The van der Waals surface area contributed by atoms with Gasteiger partial charge in [-0.2, -0.15) is 13.2 Å². The maximum Gasteiger partial charge on any atom is 0.419 e. The van der Waals surface area contributed by atoms with Crippen molar-refractivity contribution in [1.29, 1.82) is 0 Å². The highest BCUT2D eigenvalue weighted by Gasteiger charge is 2.33. The average molecular weight is 280 g/mol. The molecular formula is C16H12F4. The molecule has 0 saturated heterocycles. The van der Waals surface area contributed by atoms with Crippen molar-refractivity contribution in [2.45, 2.75) is 13.1 Å². The van der Waals surface area contributed by atoms with Crippen molar-refractivity contribution in [1.82, 2.24) is 0 Å². The number of hydrogen-bond donors (Lipinski definition) is 0. The van der Waals surface area contributed by atoms with Gasteiger partial charge in [-0.05, 0) is 47.4 Å². The average Bonchev–Trinajstić information content (AvgIpc) is 2.36. The van der Waals surface area contributed by atoms with Crippen molar-refractivity contribution in [2.24, 2.45) is 0 Å². The largest absolute Gasteiger partial charge is 0.419 e. The first kappa shape index (κ1) is 14.3. The molecule has 0 aliphatic carbocycles. The molecule has 0 aromatic heterocycles. The molecule has 0 fully saturated rings. The Morgan fingerprint density at radius 1 is 1.00 bits per heavy atom. The van der Waals surface area contributed by atoms with E-state index in [1.807, 2.05) is 13.0 Å². The molecule has 104 valence electrons. The number of benzene rings is 2. The van der Waals surface area contributed by atoms with Crippen LogP contribution in [0, 0.1) is 12.7 Å². The first-order chi connectivity index (χ1) is 9.31. The first-order valence-corrected chi connectivity index (χ1v) is 5.92. The van der Waals surface area contributed by atoms with E-state index >= 15 is 0 Å². The van der Waals surface area contributed by atoms with Crippen LogP contribution in [0.5, 0.6) is 0 Å². The second-order valence-electron chi connectivity index (χ2n) is 4.53. The molecule has 0 amide bonds. The normalized spacial score (nSPS) is 11.4. The van der Waals surface area contributed by atoms with Crippen molar-refractivity contribution in [2.75, 3.05) is 0 Å². The minimum Gasteiger partial charge on any atom is -0.206 e. The van der Waals surface area contributed by atoms with Gasteiger partial charge in [-0.1, -0.05) is 30.9 Å². The summed E-state index contributed by atoms with van der Waals surface area (Å²) in [6, 6.07) is 8.37. The third-order valence-electron chi connectivity index (χ3n) is 2.94. The quantitative estimate of drug-likeness (QED) is 0.640. The Morgan fingerprint density at radius 3 is 2.25 bits per heavy atom. The van der Waals surface area contributed by atoms with Crippen LogP contribution in [0.15, 0.2) is 43.0 Å². The van der Waals surface area contributed by atoms with Crippen LogP contribution < -0.4 is 0 Å². The van der Waals surface area contributed by atoms with Crippen LogP contribution in [-0.2, 0) is 6.18 Å². The van der Waals surface area contributed by atoms with Crippen molar-refractivity contribution in [3.63, 3.8) is 0 Å². The fraction of sp³-hybridized carbons (Fsp3) is 0.125. The number of hydrogen-bond acceptors (Lipinski definition) is 0. The zero-order valence-corrected chi connectivity index (χ0v) is 10.8. The van der Waals surface area contributed by atoms with E-state index in [1.165, 1.54) is 6.07 Å². The SMILES string of the molecule is C=Cc1cc(C)cc(-c2ccc(C(F)(F)F)c(F)c2)c1. The van der Waals surface area contributed by atoms with Gasteiger partial charge in [0.05, 0.1) is 5.56 Å². The van der Waals surface area contributed by atoms with E-state index in [0.29, 0.717) is 11.1 Å². The monoisotopic (exact) mass is 280 g/mol. The molecule has 2 rings (SSSR count). The van der Waals surface area contributed by atoms with Crippen LogP contribution in [0.25, 0.3) is 17.2 Å². The number of aryl methyl sites for hydroxylation is 1. The van der Waals surface area contributed by atoms with Crippen LogP contribution in [0.2, 0.25) is 0 Å². The summed E-state index contributed by atoms with van der Waals surface area (Å²) in [6.07, 6.45) is -3.04. The molecule has 0 unspecified atom stereocenters. The Hall–Kier alpha value is -2.10. The molecule has 0 radical (unpaired) electrons. The summed E-state index contributed by atoms with van der Waals surface area (Å²) in [5.41, 5.74) is 1.57. The molecule has 0 aliphatic heterocycles. The van der Waals surface area contributed by atoms with Crippen LogP contribution in [0.3, 0.4) is 0 Å². The van der Waals surface area contributed by atoms with E-state index in [-0.39, 0.29) is 0 Å². The van der Waals surface area contributed by atoms with E-state index in [4.69, 9.17) is 0 Å². The molecule has 0 saturated carbocycles. The highest BCUT2D eigenvalue weighted by atomic mass is 19.4. The van der Waals surface area contributed by atoms with Crippen LogP contribution >= 0.6 is 0 Å². The molecule has 2 aromatic carbocycles. The summed E-state index contributed by atoms with van der Waals surface area (Å²) < 4.78 is 51.1. The van der Waals surface area contributed by atoms with Crippen LogP contribution in [0.1, 0.15) is 16.7 Å². The maximum absolute atomic E-state index is 13.6. The summed E-state index contributed by atoms with van der Waals surface area (Å²) in [4.78, 5) is 0. The Balaban J connectivity index is 2.52. The van der Waals surface area contributed by atoms with Gasteiger partial charge in [0.2, 0.25) is 0 Å². The number of rotatable bonds is 2. The van der Waals surface area contributed by atoms with Crippen LogP contribution in [0.4, 0.5) is 17.6 Å². The van der Waals surface area contributed by atoms with Gasteiger partial charge in [0.1, 0.15) is 5.82 Å². The third-order valence-corrected chi connectivity index (χ3v) is 2.94. The van der Waals surface area contributed by atoms with Gasteiger partial charge in [0.25, 0.3) is 0 Å². The zero-order chi connectivity index (χ0) is 14.9. The predicted octanol–water partition coefficient (Wildman–Crippen LogP) is 5.46. The Kier molecular flexibility index (Phi) is 3.66. The van der Waals surface area contributed by atoms with Gasteiger partial charge in [-0.3, -0.25) is 0 Å². The topological polar surface area (TPSA) is 0 Å². The first-order valence-electron chi connectivity index (χ1n) is 5.92. The fourth-order valence-electron chi connectivity index (χ4n) is 2.02. The summed E-state index contributed by atoms with van der Waals surface area (Å²) in [7, 11) is 0. The lowest BCUT2D eigenvalue weighted by atomic mass is 9.99. The molecule has 4 heteroatoms. The van der Waals surface area contributed by atoms with Gasteiger partial charge in [-0.25, -0.2) is 4.39 Å². The van der Waals surface area contributed by atoms with Gasteiger partial charge in [0, 0.05) is 0 Å². The zero-order valence-electron chi connectivity index (χ0n) is 10.8. The van der Waals surface area contributed by atoms with Crippen molar-refractivity contribution >= 4 is 6.08 Å². The van der Waals surface area contributed by atoms with Crippen molar-refractivity contribution in [3.8, 4) is 11.1 Å². The van der Waals surface area contributed by atoms with Crippen LogP contribution in [-0.4, -0.2) is 0 Å². The minimum absolute atomic E-state index is 0.405. The van der Waals surface area contributed by atoms with E-state index in [2.05, 4.69) is 6.58 Å². The highest BCUT2D eigenvalue weighted by molar-refractivity contribution is 5.68. The lowest BCUT2D eigenvalue weighted by molar-refractivity contribution is -0.139. The molecule has 0 heterocycles. The fourth-order valence-corrected chi connectivity index (χ4v) is 2.02. The minimum atomic E-state index is -4.68. The number of halogens is 4. The predicted molar refractivity (Wildman–Crippen MR) is 71.7 cm³/mol. The van der Waals surface area contributed by atoms with Crippen molar-refractivity contribution in [3.05, 3.63) is 65.5 Å². The van der Waals surface area contributed by atoms with Gasteiger partial charge in [0.15, 0.2) is 0 Å². The van der Waals surface area contributed by atoms with E-state index in [9.17, 15) is 17.6 Å². The second-order valence-corrected chi connectivity index (χ2v) is 4.53. The molecular weight excluding hydrogens is 268 g/mol. The van der Waals surface area contributed by atoms with E-state index in [1.54, 1.807) is 18.2 Å². The second kappa shape index (κ2) is 5.12. The third kappa shape index (κ3) is 2.90. The summed E-state index contributed by atoms with van der Waals surface area (Å²) in [6.45, 7) is 5.51. The molecule has 0 spiro atoms. The number of alkyl halides is 3. The smallest absolute Gasteiger partial charge is 0.206 e. The van der Waals surface area contributed by atoms with E-state index in [0.717, 1.165) is 23.3 Å². The summed E-state index contributed by atoms with van der Waals surface area (Å²) in [5, 5.41) is 0. The van der Waals surface area contributed by atoms with Crippen molar-refractivity contribution < 1.29 is 17.6 Å². The Bertz CT molecular complexity index is 654. The molecule has 0 nitrogen and oxygen atoms in total. The van der Waals surface area contributed by atoms with Gasteiger partial charge in [-0.15, -0.1) is 0 Å². The lowest BCUT2D eigenvalue weighted by Crippen LogP contribution is -2.07. The molecule has 0 aliphatic rings. The maximum atomic E-state index is 13.6. The summed E-state index contributed by atoms with van der Waals surface area (Å²) in [5.74, 6) is -1.27. The van der Waals surface area contributed by atoms with Gasteiger partial charge < -0.3 is 0 Å². The molecule has 0 N–H and O–H groups in total. The highest BCUT2D eigenvalue weighted by Crippen LogP contribution is 2.33. The Labute approximate surface area is 114 Å². The lowest BCUT2D eigenvalue weighted by Gasteiger charge is -2.10. The van der Waals surface area contributed by atoms with Gasteiger partial charge >= 0.3 is 6.18 Å². The molecule has 0 bridgehead atoms.